The number of likely N-dealkylation sites (N-methyl/N-ethyl adjacent to an activating group) is 1. The maximum Gasteiger partial charge on any atom is 0.244 e. The lowest BCUT2D eigenvalue weighted by molar-refractivity contribution is 0.202. The zero-order valence-corrected chi connectivity index (χ0v) is 16.8. The topological polar surface area (TPSA) is 78.7 Å². The second-order valence-corrected chi connectivity index (χ2v) is 8.56. The fourth-order valence-corrected chi connectivity index (χ4v) is 4.93. The molecule has 0 amide bonds. The summed E-state index contributed by atoms with van der Waals surface area (Å²) in [5.74, 6) is 1.55. The molecule has 7 nitrogen and oxygen atoms in total. The molecule has 1 atom stereocenters. The number of rotatable bonds is 9. The van der Waals surface area contributed by atoms with Gasteiger partial charge in [0.05, 0.1) is 12.3 Å². The molecular formula is C19H28N4O3S. The van der Waals surface area contributed by atoms with Gasteiger partial charge in [0.25, 0.3) is 0 Å². The molecule has 1 aliphatic rings. The number of nitrogens with one attached hydrogen (secondary N) is 1. The maximum absolute atomic E-state index is 12.6. The van der Waals surface area contributed by atoms with Crippen LogP contribution in [0, 0.1) is 0 Å². The zero-order valence-electron chi connectivity index (χ0n) is 16.0. The average Bonchev–Trinajstić information content (AvgIpc) is 3.40. The van der Waals surface area contributed by atoms with Crippen molar-refractivity contribution in [3.8, 4) is 0 Å². The van der Waals surface area contributed by atoms with Crippen molar-refractivity contribution in [3.63, 3.8) is 0 Å². The Morgan fingerprint density at radius 3 is 2.52 bits per heavy atom. The molecule has 0 aromatic carbocycles. The number of hydrogen-bond acceptors (Lipinski definition) is 6. The Hall–Kier alpha value is -1.90. The molecule has 1 aliphatic heterocycles. The summed E-state index contributed by atoms with van der Waals surface area (Å²) in [5, 5.41) is 3.31. The molecule has 8 heteroatoms. The van der Waals surface area contributed by atoms with Gasteiger partial charge < -0.3 is 9.73 Å². The third kappa shape index (κ3) is 4.51. The second kappa shape index (κ2) is 8.86. The van der Waals surface area contributed by atoms with Crippen LogP contribution < -0.4 is 5.32 Å². The smallest absolute Gasteiger partial charge is 0.244 e. The first kappa shape index (κ1) is 19.9. The summed E-state index contributed by atoms with van der Waals surface area (Å²) >= 11 is 0. The highest BCUT2D eigenvalue weighted by atomic mass is 32.2. The highest BCUT2D eigenvalue weighted by Crippen LogP contribution is 2.23. The van der Waals surface area contributed by atoms with Crippen molar-refractivity contribution in [2.24, 2.45) is 0 Å². The Bertz CT molecular complexity index is 796. The molecule has 1 saturated heterocycles. The molecule has 0 aliphatic carbocycles. The van der Waals surface area contributed by atoms with Gasteiger partial charge in [-0.15, -0.1) is 0 Å². The lowest BCUT2D eigenvalue weighted by Gasteiger charge is -2.28. The van der Waals surface area contributed by atoms with Crippen LogP contribution in [-0.2, 0) is 10.0 Å². The van der Waals surface area contributed by atoms with Crippen LogP contribution in [0.15, 0.2) is 46.0 Å². The van der Waals surface area contributed by atoms with Gasteiger partial charge in [0.15, 0.2) is 0 Å². The molecule has 2 aromatic rings. The zero-order chi connectivity index (χ0) is 19.3. The van der Waals surface area contributed by atoms with Gasteiger partial charge in [0.1, 0.15) is 16.5 Å². The lowest BCUT2D eigenvalue weighted by atomic mass is 10.2. The van der Waals surface area contributed by atoms with Crippen molar-refractivity contribution in [2.75, 3.05) is 38.0 Å². The number of nitrogens with zero attached hydrogens (tertiary/aromatic N) is 3. The first-order valence-electron chi connectivity index (χ1n) is 9.53. The Morgan fingerprint density at radius 2 is 1.96 bits per heavy atom. The third-order valence-electron chi connectivity index (χ3n) is 5.04. The summed E-state index contributed by atoms with van der Waals surface area (Å²) in [7, 11) is -3.42. The second-order valence-electron chi connectivity index (χ2n) is 6.62. The van der Waals surface area contributed by atoms with Gasteiger partial charge in [-0.05, 0) is 50.2 Å². The van der Waals surface area contributed by atoms with Gasteiger partial charge in [-0.25, -0.2) is 13.4 Å². The van der Waals surface area contributed by atoms with Gasteiger partial charge in [0.2, 0.25) is 10.0 Å². The van der Waals surface area contributed by atoms with Gasteiger partial charge >= 0.3 is 0 Å². The maximum atomic E-state index is 12.6. The van der Waals surface area contributed by atoms with E-state index in [-0.39, 0.29) is 10.9 Å². The number of aromatic nitrogens is 1. The number of hydrogen-bond donors (Lipinski definition) is 1. The number of furan rings is 1. The monoisotopic (exact) mass is 392 g/mol. The van der Waals surface area contributed by atoms with Crippen LogP contribution in [0.5, 0.6) is 0 Å². The highest BCUT2D eigenvalue weighted by molar-refractivity contribution is 7.89. The van der Waals surface area contributed by atoms with Crippen LogP contribution in [0.1, 0.15) is 38.5 Å². The van der Waals surface area contributed by atoms with Gasteiger partial charge in [-0.1, -0.05) is 13.8 Å². The number of pyridine rings is 1. The van der Waals surface area contributed by atoms with Crippen molar-refractivity contribution in [1.82, 2.24) is 14.2 Å². The lowest BCUT2D eigenvalue weighted by Crippen LogP contribution is -2.33. The van der Waals surface area contributed by atoms with Gasteiger partial charge in [-0.2, -0.15) is 4.31 Å². The molecule has 2 aromatic heterocycles. The van der Waals surface area contributed by atoms with E-state index in [9.17, 15) is 8.42 Å². The molecule has 3 rings (SSSR count). The summed E-state index contributed by atoms with van der Waals surface area (Å²) < 4.78 is 32.3. The van der Waals surface area contributed by atoms with Gasteiger partial charge in [-0.3, -0.25) is 4.90 Å². The Labute approximate surface area is 161 Å². The SMILES string of the molecule is CCN(CC)[C@@H](CNc1ccc(S(=O)(=O)N2CCCC2)cn1)c1ccco1. The van der Waals surface area contributed by atoms with Crippen molar-refractivity contribution in [3.05, 3.63) is 42.5 Å². The van der Waals surface area contributed by atoms with Crippen LogP contribution in [0.25, 0.3) is 0 Å². The Kier molecular flexibility index (Phi) is 6.51. The summed E-state index contributed by atoms with van der Waals surface area (Å²) in [6.07, 6.45) is 4.97. The standard InChI is InChI=1S/C19H28N4O3S/c1-3-22(4-2)17(18-8-7-13-26-18)15-21-19-10-9-16(14-20-19)27(24,25)23-11-5-6-12-23/h7-10,13-14,17H,3-6,11-12,15H2,1-2H3,(H,20,21)/t17-/m0/s1. The molecule has 0 unspecified atom stereocenters. The molecule has 1 fully saturated rings. The molecule has 1 N–H and O–H groups in total. The number of anilines is 1. The first-order chi connectivity index (χ1) is 13.1. The van der Waals surface area contributed by atoms with Crippen molar-refractivity contribution < 1.29 is 12.8 Å². The average molecular weight is 393 g/mol. The van der Waals surface area contributed by atoms with E-state index in [1.165, 1.54) is 10.5 Å². The van der Waals surface area contributed by atoms with E-state index < -0.39 is 10.0 Å². The van der Waals surface area contributed by atoms with Crippen LogP contribution in [0.2, 0.25) is 0 Å². The minimum absolute atomic E-state index is 0.0878. The van der Waals surface area contributed by atoms with Crippen LogP contribution in [-0.4, -0.2) is 55.3 Å². The van der Waals surface area contributed by atoms with E-state index >= 15 is 0 Å². The van der Waals surface area contributed by atoms with Crippen LogP contribution in [0.3, 0.4) is 0 Å². The van der Waals surface area contributed by atoms with E-state index in [0.29, 0.717) is 25.5 Å². The minimum Gasteiger partial charge on any atom is -0.468 e. The molecule has 0 bridgehead atoms. The fourth-order valence-electron chi connectivity index (χ4n) is 3.47. The summed E-state index contributed by atoms with van der Waals surface area (Å²) in [5.41, 5.74) is 0. The molecule has 0 radical (unpaired) electrons. The minimum atomic E-state index is -3.42. The number of sulfonamides is 1. The van der Waals surface area contributed by atoms with Crippen LogP contribution >= 0.6 is 0 Å². The molecule has 148 valence electrons. The van der Waals surface area contributed by atoms with E-state index in [2.05, 4.69) is 29.0 Å². The van der Waals surface area contributed by atoms with Crippen molar-refractivity contribution in [2.45, 2.75) is 37.6 Å². The quantitative estimate of drug-likeness (QED) is 0.707. The predicted octanol–water partition coefficient (Wildman–Crippen LogP) is 2.95. The molecule has 0 saturated carbocycles. The molecule has 27 heavy (non-hydrogen) atoms. The predicted molar refractivity (Wildman–Crippen MR) is 105 cm³/mol. The van der Waals surface area contributed by atoms with Crippen molar-refractivity contribution >= 4 is 15.8 Å². The van der Waals surface area contributed by atoms with Crippen LogP contribution in [0.4, 0.5) is 5.82 Å². The summed E-state index contributed by atoms with van der Waals surface area (Å²) in [6, 6.07) is 7.31. The molecule has 3 heterocycles. The van der Waals surface area contributed by atoms with E-state index in [1.54, 1.807) is 18.4 Å². The van der Waals surface area contributed by atoms with E-state index in [4.69, 9.17) is 4.42 Å². The van der Waals surface area contributed by atoms with E-state index in [1.807, 2.05) is 12.1 Å². The van der Waals surface area contributed by atoms with Gasteiger partial charge in [0, 0.05) is 25.8 Å². The van der Waals surface area contributed by atoms with Crippen molar-refractivity contribution in [1.29, 1.82) is 0 Å². The Balaban J connectivity index is 1.68. The fraction of sp³-hybridized carbons (Fsp3) is 0.526. The molecular weight excluding hydrogens is 364 g/mol. The third-order valence-corrected chi connectivity index (χ3v) is 6.92. The summed E-state index contributed by atoms with van der Waals surface area (Å²) in [6.45, 7) is 7.87. The highest BCUT2D eigenvalue weighted by Gasteiger charge is 2.27. The van der Waals surface area contributed by atoms with E-state index in [0.717, 1.165) is 31.7 Å². The largest absolute Gasteiger partial charge is 0.468 e. The Morgan fingerprint density at radius 1 is 1.22 bits per heavy atom. The normalized spacial score (nSPS) is 16.7. The molecule has 0 spiro atoms. The first-order valence-corrected chi connectivity index (χ1v) is 11.0. The summed E-state index contributed by atoms with van der Waals surface area (Å²) in [4.78, 5) is 6.87.